The molecular formula is C19H19ClN2O2. The van der Waals surface area contributed by atoms with Gasteiger partial charge in [0.15, 0.2) is 0 Å². The highest BCUT2D eigenvalue weighted by Gasteiger charge is 2.18. The number of rotatable bonds is 6. The third-order valence-corrected chi connectivity index (χ3v) is 4.20. The van der Waals surface area contributed by atoms with Gasteiger partial charge in [-0.15, -0.1) is 0 Å². The number of nitriles is 1. The molecule has 24 heavy (non-hydrogen) atoms. The number of hydrogen-bond acceptors (Lipinski definition) is 3. The van der Waals surface area contributed by atoms with Gasteiger partial charge in [-0.3, -0.25) is 4.79 Å². The number of amides is 1. The van der Waals surface area contributed by atoms with E-state index in [0.717, 1.165) is 16.1 Å². The molecule has 0 fully saturated rings. The molecule has 1 amide bonds. The van der Waals surface area contributed by atoms with Gasteiger partial charge in [-0.25, -0.2) is 0 Å². The van der Waals surface area contributed by atoms with Gasteiger partial charge in [0.1, 0.15) is 11.7 Å². The summed E-state index contributed by atoms with van der Waals surface area (Å²) in [5, 5.41) is 12.7. The highest BCUT2D eigenvalue weighted by Crippen LogP contribution is 2.26. The molecule has 0 aliphatic rings. The van der Waals surface area contributed by atoms with E-state index in [1.54, 1.807) is 12.1 Å². The third-order valence-electron chi connectivity index (χ3n) is 3.60. The maximum absolute atomic E-state index is 12.1. The summed E-state index contributed by atoms with van der Waals surface area (Å²) in [6.45, 7) is 4.10. The first-order valence-corrected chi connectivity index (χ1v) is 8.04. The number of benzene rings is 2. The second-order valence-corrected chi connectivity index (χ2v) is 5.92. The molecule has 0 aliphatic heterocycles. The zero-order valence-corrected chi connectivity index (χ0v) is 14.4. The topological polar surface area (TPSA) is 62.1 Å². The van der Waals surface area contributed by atoms with Gasteiger partial charge in [0.05, 0.1) is 12.7 Å². The number of anilines is 1. The number of nitrogens with zero attached hydrogens (tertiary/aromatic N) is 1. The largest absolute Gasteiger partial charge is 0.494 e. The zero-order valence-electron chi connectivity index (χ0n) is 13.7. The van der Waals surface area contributed by atoms with Gasteiger partial charge in [-0.05, 0) is 49.2 Å². The summed E-state index contributed by atoms with van der Waals surface area (Å²) in [7, 11) is 0. The Morgan fingerprint density at radius 3 is 2.46 bits per heavy atom. The molecule has 2 aromatic rings. The van der Waals surface area contributed by atoms with Crippen molar-refractivity contribution in [3.63, 3.8) is 0 Å². The first-order chi connectivity index (χ1) is 11.5. The summed E-state index contributed by atoms with van der Waals surface area (Å²) < 4.78 is 5.67. The molecule has 0 heterocycles. The smallest absolute Gasteiger partial charge is 0.241 e. The van der Waals surface area contributed by atoms with E-state index in [0.29, 0.717) is 17.9 Å². The molecule has 1 N–H and O–H groups in total. The van der Waals surface area contributed by atoms with Crippen molar-refractivity contribution in [2.45, 2.75) is 20.3 Å². The van der Waals surface area contributed by atoms with Crippen molar-refractivity contribution in [1.29, 1.82) is 5.26 Å². The van der Waals surface area contributed by atoms with E-state index in [-0.39, 0.29) is 12.5 Å². The van der Waals surface area contributed by atoms with Crippen LogP contribution in [-0.2, 0) is 4.79 Å². The number of hydrogen-bond donors (Lipinski definition) is 1. The number of para-hydroxylation sites is 1. The summed E-state index contributed by atoms with van der Waals surface area (Å²) in [5.74, 6) is -0.398. The van der Waals surface area contributed by atoms with Crippen LogP contribution >= 0.6 is 11.6 Å². The van der Waals surface area contributed by atoms with Crippen LogP contribution in [-0.4, -0.2) is 12.5 Å². The average Bonchev–Trinajstić information content (AvgIpc) is 2.57. The van der Waals surface area contributed by atoms with Crippen LogP contribution in [0.1, 0.15) is 17.5 Å². The number of ether oxygens (including phenoxy) is 1. The van der Waals surface area contributed by atoms with Crippen LogP contribution in [0.25, 0.3) is 0 Å². The fourth-order valence-corrected chi connectivity index (χ4v) is 2.40. The lowest BCUT2D eigenvalue weighted by Gasteiger charge is -2.12. The monoisotopic (exact) mass is 342 g/mol. The summed E-state index contributed by atoms with van der Waals surface area (Å²) in [4.78, 5) is 12.1. The summed E-state index contributed by atoms with van der Waals surface area (Å²) in [6, 6.07) is 14.8. The SMILES string of the molecule is Cc1cc(OCCC(C#N)C(=O)Nc2ccccc2)cc(C)c1Cl. The van der Waals surface area contributed by atoms with Crippen molar-refractivity contribution in [2.24, 2.45) is 5.92 Å². The Morgan fingerprint density at radius 2 is 1.88 bits per heavy atom. The Morgan fingerprint density at radius 1 is 1.25 bits per heavy atom. The quantitative estimate of drug-likeness (QED) is 0.840. The van der Waals surface area contributed by atoms with E-state index < -0.39 is 5.92 Å². The van der Waals surface area contributed by atoms with Crippen LogP contribution in [0.2, 0.25) is 5.02 Å². The Balaban J connectivity index is 1.90. The highest BCUT2D eigenvalue weighted by atomic mass is 35.5. The van der Waals surface area contributed by atoms with Crippen LogP contribution in [0.3, 0.4) is 0 Å². The standard InChI is InChI=1S/C19H19ClN2O2/c1-13-10-17(11-14(2)18(13)20)24-9-8-15(12-21)19(23)22-16-6-4-3-5-7-16/h3-7,10-11,15H,8-9H2,1-2H3,(H,22,23). The molecule has 0 spiro atoms. The van der Waals surface area contributed by atoms with Crippen molar-refractivity contribution in [1.82, 2.24) is 0 Å². The average molecular weight is 343 g/mol. The number of nitrogens with one attached hydrogen (secondary N) is 1. The van der Waals surface area contributed by atoms with E-state index in [1.165, 1.54) is 0 Å². The lowest BCUT2D eigenvalue weighted by atomic mass is 10.1. The summed E-state index contributed by atoms with van der Waals surface area (Å²) >= 11 is 6.12. The molecule has 2 aromatic carbocycles. The molecule has 0 saturated carbocycles. The van der Waals surface area contributed by atoms with E-state index in [1.807, 2.05) is 50.2 Å². The third kappa shape index (κ3) is 4.74. The molecule has 0 radical (unpaired) electrons. The van der Waals surface area contributed by atoms with Crippen LogP contribution < -0.4 is 10.1 Å². The molecule has 4 nitrogen and oxygen atoms in total. The Bertz CT molecular complexity index is 731. The highest BCUT2D eigenvalue weighted by molar-refractivity contribution is 6.32. The van der Waals surface area contributed by atoms with Gasteiger partial charge in [-0.2, -0.15) is 5.26 Å². The summed E-state index contributed by atoms with van der Waals surface area (Å²) in [6.07, 6.45) is 0.315. The Kier molecular flexibility index (Phi) is 6.22. The van der Waals surface area contributed by atoms with Gasteiger partial charge in [0.2, 0.25) is 5.91 Å². The van der Waals surface area contributed by atoms with Crippen molar-refractivity contribution in [2.75, 3.05) is 11.9 Å². The van der Waals surface area contributed by atoms with Crippen molar-refractivity contribution >= 4 is 23.2 Å². The second-order valence-electron chi connectivity index (χ2n) is 5.55. The predicted octanol–water partition coefficient (Wildman–Crippen LogP) is 4.50. The second kappa shape index (κ2) is 8.37. The fourth-order valence-electron chi connectivity index (χ4n) is 2.29. The lowest BCUT2D eigenvalue weighted by molar-refractivity contribution is -0.118. The molecule has 0 bridgehead atoms. The molecule has 124 valence electrons. The van der Waals surface area contributed by atoms with E-state index in [4.69, 9.17) is 16.3 Å². The lowest BCUT2D eigenvalue weighted by Crippen LogP contribution is -2.23. The predicted molar refractivity (Wildman–Crippen MR) is 95.2 cm³/mol. The van der Waals surface area contributed by atoms with Crippen molar-refractivity contribution < 1.29 is 9.53 Å². The fraction of sp³-hybridized carbons (Fsp3) is 0.263. The van der Waals surface area contributed by atoms with Crippen LogP contribution in [0.15, 0.2) is 42.5 Å². The molecule has 2 rings (SSSR count). The van der Waals surface area contributed by atoms with Gasteiger partial charge < -0.3 is 10.1 Å². The van der Waals surface area contributed by atoms with Crippen LogP contribution in [0.5, 0.6) is 5.75 Å². The van der Waals surface area contributed by atoms with E-state index in [2.05, 4.69) is 5.32 Å². The Hall–Kier alpha value is -2.51. The number of halogens is 1. The number of aryl methyl sites for hydroxylation is 2. The number of carbonyl (C=O) groups is 1. The minimum Gasteiger partial charge on any atom is -0.494 e. The molecule has 0 aromatic heterocycles. The Labute approximate surface area is 147 Å². The van der Waals surface area contributed by atoms with E-state index in [9.17, 15) is 10.1 Å². The molecule has 0 saturated heterocycles. The minimum absolute atomic E-state index is 0.279. The maximum Gasteiger partial charge on any atom is 0.241 e. The van der Waals surface area contributed by atoms with Gasteiger partial charge in [0, 0.05) is 17.1 Å². The molecular weight excluding hydrogens is 324 g/mol. The molecule has 1 unspecified atom stereocenters. The van der Waals surface area contributed by atoms with Crippen molar-refractivity contribution in [3.05, 3.63) is 58.6 Å². The maximum atomic E-state index is 12.1. The zero-order chi connectivity index (χ0) is 17.5. The normalized spacial score (nSPS) is 11.4. The minimum atomic E-state index is -0.764. The first kappa shape index (κ1) is 17.8. The molecule has 0 aliphatic carbocycles. The number of carbonyl (C=O) groups excluding carboxylic acids is 1. The van der Waals surface area contributed by atoms with E-state index >= 15 is 0 Å². The summed E-state index contributed by atoms with van der Waals surface area (Å²) in [5.41, 5.74) is 2.54. The first-order valence-electron chi connectivity index (χ1n) is 7.66. The van der Waals surface area contributed by atoms with Crippen LogP contribution in [0.4, 0.5) is 5.69 Å². The van der Waals surface area contributed by atoms with Gasteiger partial charge in [0.25, 0.3) is 0 Å². The van der Waals surface area contributed by atoms with Gasteiger partial charge in [-0.1, -0.05) is 29.8 Å². The van der Waals surface area contributed by atoms with Gasteiger partial charge >= 0.3 is 0 Å². The molecule has 5 heteroatoms. The van der Waals surface area contributed by atoms with Crippen LogP contribution in [0, 0.1) is 31.1 Å². The van der Waals surface area contributed by atoms with Crippen molar-refractivity contribution in [3.8, 4) is 11.8 Å². The molecule has 1 atom stereocenters.